The molecule has 0 saturated heterocycles. The summed E-state index contributed by atoms with van der Waals surface area (Å²) in [7, 11) is 1.53. The zero-order chi connectivity index (χ0) is 14.7. The van der Waals surface area contributed by atoms with Crippen molar-refractivity contribution in [2.24, 2.45) is 0 Å². The van der Waals surface area contributed by atoms with Crippen LogP contribution in [0.3, 0.4) is 0 Å². The third kappa shape index (κ3) is 3.54. The van der Waals surface area contributed by atoms with E-state index in [9.17, 15) is 4.79 Å². The highest BCUT2D eigenvalue weighted by Gasteiger charge is 2.11. The quantitative estimate of drug-likeness (QED) is 0.853. The van der Waals surface area contributed by atoms with E-state index in [0.29, 0.717) is 16.5 Å². The third-order valence-electron chi connectivity index (χ3n) is 2.45. The van der Waals surface area contributed by atoms with Crippen LogP contribution in [0.25, 0.3) is 0 Å². The molecule has 0 aliphatic carbocycles. The zero-order valence-electron chi connectivity index (χ0n) is 10.3. The lowest BCUT2D eigenvalue weighted by molar-refractivity contribution is 0.102. The van der Waals surface area contributed by atoms with Gasteiger partial charge in [-0.05, 0) is 24.3 Å². The van der Waals surface area contributed by atoms with Gasteiger partial charge < -0.3 is 10.1 Å². The molecule has 2 aromatic rings. The van der Waals surface area contributed by atoms with Crippen LogP contribution >= 0.6 is 34.8 Å². The van der Waals surface area contributed by atoms with Crippen molar-refractivity contribution in [2.75, 3.05) is 12.4 Å². The van der Waals surface area contributed by atoms with Gasteiger partial charge in [0.2, 0.25) is 0 Å². The van der Waals surface area contributed by atoms with Crippen molar-refractivity contribution in [3.05, 3.63) is 51.2 Å². The fourth-order valence-corrected chi connectivity index (χ4v) is 2.14. The van der Waals surface area contributed by atoms with E-state index < -0.39 is 5.91 Å². The molecule has 20 heavy (non-hydrogen) atoms. The number of methoxy groups -OCH3 is 1. The van der Waals surface area contributed by atoms with Crippen LogP contribution in [-0.4, -0.2) is 18.0 Å². The lowest BCUT2D eigenvalue weighted by atomic mass is 10.2. The number of benzene rings is 1. The van der Waals surface area contributed by atoms with E-state index in [2.05, 4.69) is 10.3 Å². The molecule has 0 fully saturated rings. The summed E-state index contributed by atoms with van der Waals surface area (Å²) < 4.78 is 5.07. The number of nitrogens with zero attached hydrogens (tertiary/aromatic N) is 1. The highest BCUT2D eigenvalue weighted by molar-refractivity contribution is 6.34. The highest BCUT2D eigenvalue weighted by atomic mass is 35.5. The second-order valence-electron chi connectivity index (χ2n) is 3.80. The molecule has 1 N–H and O–H groups in total. The average molecular weight is 332 g/mol. The van der Waals surface area contributed by atoms with Crippen LogP contribution in [-0.2, 0) is 0 Å². The zero-order valence-corrected chi connectivity index (χ0v) is 12.6. The highest BCUT2D eigenvalue weighted by Crippen LogP contribution is 2.27. The first-order valence-electron chi connectivity index (χ1n) is 5.47. The molecule has 0 saturated carbocycles. The summed E-state index contributed by atoms with van der Waals surface area (Å²) in [6, 6.07) is 7.76. The lowest BCUT2D eigenvalue weighted by Crippen LogP contribution is -2.12. The molecule has 0 unspecified atom stereocenters. The first-order chi connectivity index (χ1) is 9.49. The predicted molar refractivity (Wildman–Crippen MR) is 80.2 cm³/mol. The van der Waals surface area contributed by atoms with E-state index in [1.807, 2.05) is 0 Å². The molecular formula is C13H9Cl3N2O2. The standard InChI is InChI=1S/C13H9Cl3N2O2/c1-20-8-2-3-9(14)10(6-8)17-13(19)7-4-11(15)18-12(16)5-7/h2-6H,1H3,(H,17,19). The fraction of sp³-hybridized carbons (Fsp3) is 0.0769. The number of carbonyl (C=O) groups excluding carboxylic acids is 1. The summed E-state index contributed by atoms with van der Waals surface area (Å²) in [6.07, 6.45) is 0. The molecule has 1 aromatic heterocycles. The minimum Gasteiger partial charge on any atom is -0.497 e. The SMILES string of the molecule is COc1ccc(Cl)c(NC(=O)c2cc(Cl)nc(Cl)c2)c1. The fourth-order valence-electron chi connectivity index (χ4n) is 1.52. The van der Waals surface area contributed by atoms with Crippen LogP contribution in [0.2, 0.25) is 15.3 Å². The van der Waals surface area contributed by atoms with Crippen molar-refractivity contribution in [1.29, 1.82) is 0 Å². The molecule has 0 aliphatic heterocycles. The summed E-state index contributed by atoms with van der Waals surface area (Å²) in [5.41, 5.74) is 0.717. The molecule has 0 bridgehead atoms. The predicted octanol–water partition coefficient (Wildman–Crippen LogP) is 4.30. The number of rotatable bonds is 3. The van der Waals surface area contributed by atoms with Crippen LogP contribution in [0, 0.1) is 0 Å². The van der Waals surface area contributed by atoms with Crippen LogP contribution < -0.4 is 10.1 Å². The van der Waals surface area contributed by atoms with E-state index in [-0.39, 0.29) is 15.9 Å². The van der Waals surface area contributed by atoms with Crippen molar-refractivity contribution in [3.63, 3.8) is 0 Å². The van der Waals surface area contributed by atoms with E-state index in [1.165, 1.54) is 19.2 Å². The molecule has 0 atom stereocenters. The maximum absolute atomic E-state index is 12.1. The van der Waals surface area contributed by atoms with Gasteiger partial charge in [-0.3, -0.25) is 4.79 Å². The molecule has 1 aromatic carbocycles. The van der Waals surface area contributed by atoms with Crippen molar-refractivity contribution in [1.82, 2.24) is 4.98 Å². The third-order valence-corrected chi connectivity index (χ3v) is 3.16. The Kier molecular flexibility index (Phi) is 4.70. The van der Waals surface area contributed by atoms with Gasteiger partial charge in [0.1, 0.15) is 16.1 Å². The van der Waals surface area contributed by atoms with Gasteiger partial charge in [0.15, 0.2) is 0 Å². The van der Waals surface area contributed by atoms with Crippen LogP contribution in [0.1, 0.15) is 10.4 Å². The molecule has 0 spiro atoms. The summed E-state index contributed by atoms with van der Waals surface area (Å²) >= 11 is 17.5. The molecule has 1 heterocycles. The number of hydrogen-bond donors (Lipinski definition) is 1. The summed E-state index contributed by atoms with van der Waals surface area (Å²) in [5.74, 6) is 0.182. The second-order valence-corrected chi connectivity index (χ2v) is 4.98. The van der Waals surface area contributed by atoms with E-state index in [4.69, 9.17) is 39.5 Å². The number of aromatic nitrogens is 1. The van der Waals surface area contributed by atoms with Gasteiger partial charge in [-0.15, -0.1) is 0 Å². The molecule has 104 valence electrons. The Bertz CT molecular complexity index is 642. The van der Waals surface area contributed by atoms with Gasteiger partial charge in [0.25, 0.3) is 5.91 Å². The number of pyridine rings is 1. The molecular weight excluding hydrogens is 323 g/mol. The molecule has 2 rings (SSSR count). The number of ether oxygens (including phenoxy) is 1. The van der Waals surface area contributed by atoms with Crippen LogP contribution in [0.4, 0.5) is 5.69 Å². The largest absolute Gasteiger partial charge is 0.497 e. The van der Waals surface area contributed by atoms with Crippen LogP contribution in [0.5, 0.6) is 5.75 Å². The van der Waals surface area contributed by atoms with Gasteiger partial charge in [-0.25, -0.2) is 4.98 Å². The summed E-state index contributed by atoms with van der Waals surface area (Å²) in [6.45, 7) is 0. The Morgan fingerprint density at radius 1 is 1.15 bits per heavy atom. The molecule has 1 amide bonds. The van der Waals surface area contributed by atoms with Gasteiger partial charge in [0, 0.05) is 11.6 Å². The summed E-state index contributed by atoms with van der Waals surface area (Å²) in [4.78, 5) is 15.9. The Balaban J connectivity index is 2.27. The number of nitrogens with one attached hydrogen (secondary N) is 1. The smallest absolute Gasteiger partial charge is 0.255 e. The molecule has 0 radical (unpaired) electrons. The van der Waals surface area contributed by atoms with E-state index >= 15 is 0 Å². The van der Waals surface area contributed by atoms with Gasteiger partial charge in [-0.1, -0.05) is 34.8 Å². The lowest BCUT2D eigenvalue weighted by Gasteiger charge is -2.09. The molecule has 7 heteroatoms. The minimum atomic E-state index is -0.397. The van der Waals surface area contributed by atoms with Crippen molar-refractivity contribution >= 4 is 46.4 Å². The maximum Gasteiger partial charge on any atom is 0.255 e. The minimum absolute atomic E-state index is 0.138. The topological polar surface area (TPSA) is 51.2 Å². The van der Waals surface area contributed by atoms with Gasteiger partial charge in [0.05, 0.1) is 17.8 Å². The summed E-state index contributed by atoms with van der Waals surface area (Å²) in [5, 5.41) is 3.33. The number of halogens is 3. The normalized spacial score (nSPS) is 10.2. The number of amides is 1. The van der Waals surface area contributed by atoms with E-state index in [1.54, 1.807) is 18.2 Å². The van der Waals surface area contributed by atoms with Crippen molar-refractivity contribution in [2.45, 2.75) is 0 Å². The molecule has 4 nitrogen and oxygen atoms in total. The van der Waals surface area contributed by atoms with Gasteiger partial charge in [-0.2, -0.15) is 0 Å². The first kappa shape index (κ1) is 14.9. The Hall–Kier alpha value is -1.49. The maximum atomic E-state index is 12.1. The van der Waals surface area contributed by atoms with Crippen molar-refractivity contribution in [3.8, 4) is 5.75 Å². The average Bonchev–Trinajstić information content (AvgIpc) is 2.40. The monoisotopic (exact) mass is 330 g/mol. The Labute approximate surface area is 130 Å². The van der Waals surface area contributed by atoms with Gasteiger partial charge >= 0.3 is 0 Å². The first-order valence-corrected chi connectivity index (χ1v) is 6.61. The van der Waals surface area contributed by atoms with Crippen molar-refractivity contribution < 1.29 is 9.53 Å². The number of hydrogen-bond acceptors (Lipinski definition) is 3. The van der Waals surface area contributed by atoms with Crippen LogP contribution in [0.15, 0.2) is 30.3 Å². The number of carbonyl (C=O) groups is 1. The Morgan fingerprint density at radius 2 is 1.80 bits per heavy atom. The number of anilines is 1. The molecule has 0 aliphatic rings. The van der Waals surface area contributed by atoms with E-state index in [0.717, 1.165) is 0 Å². The second kappa shape index (κ2) is 6.31. The Morgan fingerprint density at radius 3 is 2.40 bits per heavy atom.